The van der Waals surface area contributed by atoms with Gasteiger partial charge in [-0.1, -0.05) is 127 Å². The Bertz CT molecular complexity index is 2760. The zero-order valence-electron chi connectivity index (χ0n) is 25.5. The van der Waals surface area contributed by atoms with Crippen LogP contribution in [0.1, 0.15) is 0 Å². The second-order valence-electron chi connectivity index (χ2n) is 12.1. The average Bonchev–Trinajstić information content (AvgIpc) is 3.68. The number of rotatable bonds is 4. The van der Waals surface area contributed by atoms with Crippen LogP contribution in [-0.4, -0.2) is 4.57 Å². The van der Waals surface area contributed by atoms with Crippen molar-refractivity contribution in [2.75, 3.05) is 4.90 Å². The summed E-state index contributed by atoms with van der Waals surface area (Å²) in [5.74, 6) is 0. The van der Waals surface area contributed by atoms with Gasteiger partial charge in [0.1, 0.15) is 5.58 Å². The lowest BCUT2D eigenvalue weighted by molar-refractivity contribution is 0.669. The van der Waals surface area contributed by atoms with Crippen LogP contribution in [-0.2, 0) is 0 Å². The first-order valence-electron chi connectivity index (χ1n) is 16.0. The maximum atomic E-state index is 6.70. The van der Waals surface area contributed by atoms with Crippen molar-refractivity contribution in [3.63, 3.8) is 0 Å². The molecule has 0 saturated carbocycles. The third-order valence-electron chi connectivity index (χ3n) is 9.54. The fourth-order valence-corrected chi connectivity index (χ4v) is 7.49. The molecular formula is C44H28N2O. The van der Waals surface area contributed by atoms with Gasteiger partial charge in [-0.25, -0.2) is 0 Å². The Morgan fingerprint density at radius 3 is 1.68 bits per heavy atom. The van der Waals surface area contributed by atoms with E-state index in [0.29, 0.717) is 0 Å². The molecule has 8 aromatic carbocycles. The Morgan fingerprint density at radius 2 is 0.915 bits per heavy atom. The zero-order chi connectivity index (χ0) is 30.9. The predicted molar refractivity (Wildman–Crippen MR) is 198 cm³/mol. The minimum atomic E-state index is 0.869. The summed E-state index contributed by atoms with van der Waals surface area (Å²) in [4.78, 5) is 2.41. The van der Waals surface area contributed by atoms with Gasteiger partial charge in [0.25, 0.3) is 0 Å². The van der Waals surface area contributed by atoms with E-state index in [4.69, 9.17) is 4.42 Å². The van der Waals surface area contributed by atoms with Crippen molar-refractivity contribution in [2.24, 2.45) is 0 Å². The number of fused-ring (bicyclic) bond motifs is 8. The highest BCUT2D eigenvalue weighted by molar-refractivity contribution is 6.14. The van der Waals surface area contributed by atoms with Crippen molar-refractivity contribution in [1.29, 1.82) is 0 Å². The van der Waals surface area contributed by atoms with Gasteiger partial charge in [-0.2, -0.15) is 0 Å². The van der Waals surface area contributed by atoms with Crippen molar-refractivity contribution in [3.8, 4) is 5.69 Å². The number of anilines is 3. The lowest BCUT2D eigenvalue weighted by Crippen LogP contribution is -2.12. The smallest absolute Gasteiger partial charge is 0.159 e. The molecule has 0 atom stereocenters. The number of aromatic nitrogens is 1. The third kappa shape index (κ3) is 3.87. The number of furan rings is 1. The van der Waals surface area contributed by atoms with Crippen LogP contribution in [0, 0.1) is 0 Å². The van der Waals surface area contributed by atoms with Crippen molar-refractivity contribution in [3.05, 3.63) is 170 Å². The van der Waals surface area contributed by atoms with Crippen molar-refractivity contribution in [2.45, 2.75) is 0 Å². The maximum absolute atomic E-state index is 6.70. The Hall–Kier alpha value is -6.32. The molecule has 2 heterocycles. The van der Waals surface area contributed by atoms with Crippen molar-refractivity contribution in [1.82, 2.24) is 4.57 Å². The topological polar surface area (TPSA) is 21.3 Å². The Morgan fingerprint density at radius 1 is 0.383 bits per heavy atom. The standard InChI is InChI=1S/C44H28N2O/c1-3-16-32-29(13-1)15-11-24-38(32)46(41-25-12-21-37-36-20-7-10-26-43(36)47-44(37)41)42-28-31(27-30-14-2-4-17-33(30)42)45-39-22-8-5-18-34(39)35-19-6-9-23-40(35)45/h1-28H. The minimum absolute atomic E-state index is 0.869. The van der Waals surface area contributed by atoms with E-state index in [2.05, 4.69) is 173 Å². The van der Waals surface area contributed by atoms with E-state index < -0.39 is 0 Å². The van der Waals surface area contributed by atoms with E-state index in [1.54, 1.807) is 0 Å². The molecule has 2 aromatic heterocycles. The van der Waals surface area contributed by atoms with Crippen LogP contribution in [0.2, 0.25) is 0 Å². The Labute approximate surface area is 271 Å². The summed E-state index contributed by atoms with van der Waals surface area (Å²) in [5.41, 5.74) is 8.42. The largest absolute Gasteiger partial charge is 0.454 e. The van der Waals surface area contributed by atoms with Crippen molar-refractivity contribution >= 4 is 82.4 Å². The van der Waals surface area contributed by atoms with Gasteiger partial charge in [0.15, 0.2) is 5.58 Å². The highest BCUT2D eigenvalue weighted by atomic mass is 16.3. The molecule has 0 radical (unpaired) electrons. The molecule has 0 aliphatic carbocycles. The van der Waals surface area contributed by atoms with E-state index in [9.17, 15) is 0 Å². The fourth-order valence-electron chi connectivity index (χ4n) is 7.49. The monoisotopic (exact) mass is 600 g/mol. The first-order valence-corrected chi connectivity index (χ1v) is 16.0. The number of hydrogen-bond acceptors (Lipinski definition) is 2. The van der Waals surface area contributed by atoms with Crippen LogP contribution < -0.4 is 4.90 Å². The molecule has 220 valence electrons. The fraction of sp³-hybridized carbons (Fsp3) is 0. The van der Waals surface area contributed by atoms with Crippen LogP contribution in [0.3, 0.4) is 0 Å². The molecule has 0 aliphatic rings. The lowest BCUT2D eigenvalue weighted by atomic mass is 10.0. The quantitative estimate of drug-likeness (QED) is 0.200. The van der Waals surface area contributed by atoms with E-state index in [1.165, 1.54) is 38.0 Å². The maximum Gasteiger partial charge on any atom is 0.159 e. The molecule has 3 nitrogen and oxygen atoms in total. The molecule has 0 N–H and O–H groups in total. The van der Waals surface area contributed by atoms with Gasteiger partial charge in [-0.15, -0.1) is 0 Å². The highest BCUT2D eigenvalue weighted by Gasteiger charge is 2.24. The number of benzene rings is 8. The molecule has 0 saturated heterocycles. The molecule has 10 aromatic rings. The molecule has 47 heavy (non-hydrogen) atoms. The van der Waals surface area contributed by atoms with E-state index in [1.807, 2.05) is 6.07 Å². The van der Waals surface area contributed by atoms with Gasteiger partial charge in [-0.05, 0) is 53.2 Å². The molecule has 0 aliphatic heterocycles. The summed E-state index contributed by atoms with van der Waals surface area (Å²) in [7, 11) is 0. The summed E-state index contributed by atoms with van der Waals surface area (Å²) in [6, 6.07) is 60.8. The van der Waals surface area contributed by atoms with Gasteiger partial charge in [-0.3, -0.25) is 0 Å². The number of nitrogens with zero attached hydrogens (tertiary/aromatic N) is 2. The zero-order valence-corrected chi connectivity index (χ0v) is 25.5. The van der Waals surface area contributed by atoms with Gasteiger partial charge in [0.05, 0.1) is 28.1 Å². The molecule has 3 heteroatoms. The van der Waals surface area contributed by atoms with Crippen LogP contribution in [0.25, 0.3) is 71.0 Å². The minimum Gasteiger partial charge on any atom is -0.454 e. The molecule has 0 amide bonds. The van der Waals surface area contributed by atoms with Gasteiger partial charge in [0, 0.05) is 38.0 Å². The number of hydrogen-bond donors (Lipinski definition) is 0. The van der Waals surface area contributed by atoms with E-state index in [-0.39, 0.29) is 0 Å². The van der Waals surface area contributed by atoms with Crippen LogP contribution >= 0.6 is 0 Å². The van der Waals surface area contributed by atoms with Crippen molar-refractivity contribution < 1.29 is 4.42 Å². The first-order chi connectivity index (χ1) is 23.3. The summed E-state index contributed by atoms with van der Waals surface area (Å²) in [5, 5.41) is 9.41. The highest BCUT2D eigenvalue weighted by Crippen LogP contribution is 2.47. The molecule has 10 rings (SSSR count). The summed E-state index contributed by atoms with van der Waals surface area (Å²) < 4.78 is 9.11. The summed E-state index contributed by atoms with van der Waals surface area (Å²) >= 11 is 0. The molecule has 0 unspecified atom stereocenters. The van der Waals surface area contributed by atoms with Gasteiger partial charge in [0.2, 0.25) is 0 Å². The van der Waals surface area contributed by atoms with Gasteiger partial charge >= 0.3 is 0 Å². The van der Waals surface area contributed by atoms with Gasteiger partial charge < -0.3 is 13.9 Å². The second-order valence-corrected chi connectivity index (χ2v) is 12.1. The third-order valence-corrected chi connectivity index (χ3v) is 9.54. The second kappa shape index (κ2) is 10.1. The van der Waals surface area contributed by atoms with Crippen LogP contribution in [0.4, 0.5) is 17.1 Å². The summed E-state index contributed by atoms with van der Waals surface area (Å²) in [6.45, 7) is 0. The van der Waals surface area contributed by atoms with E-state index >= 15 is 0 Å². The van der Waals surface area contributed by atoms with E-state index in [0.717, 1.165) is 50.1 Å². The first kappa shape index (κ1) is 26.0. The van der Waals surface area contributed by atoms with Crippen LogP contribution in [0.5, 0.6) is 0 Å². The molecule has 0 fully saturated rings. The molecule has 0 bridgehead atoms. The predicted octanol–water partition coefficient (Wildman–Crippen LogP) is 12.5. The molecule has 0 spiro atoms. The average molecular weight is 601 g/mol. The Kier molecular flexibility index (Phi) is 5.57. The molecular weight excluding hydrogens is 572 g/mol. The van der Waals surface area contributed by atoms with Crippen LogP contribution in [0.15, 0.2) is 174 Å². The Balaban J connectivity index is 1.35. The summed E-state index contributed by atoms with van der Waals surface area (Å²) in [6.07, 6.45) is 0. The number of para-hydroxylation sites is 4. The normalized spacial score (nSPS) is 11.8. The SMILES string of the molecule is c1ccc2c(N(c3cc(-n4c5ccccc5c5ccccc54)cc4ccccc34)c3cccc4c3oc3ccccc34)cccc2c1. The lowest BCUT2D eigenvalue weighted by Gasteiger charge is -2.29.